The summed E-state index contributed by atoms with van der Waals surface area (Å²) in [5.41, 5.74) is 11.4. The van der Waals surface area contributed by atoms with Gasteiger partial charge in [0.2, 0.25) is 0 Å². The summed E-state index contributed by atoms with van der Waals surface area (Å²) in [6, 6.07) is 46.3. The molecule has 0 saturated heterocycles. The number of nitrogens with zero attached hydrogens (tertiary/aromatic N) is 2. The first-order valence-corrected chi connectivity index (χ1v) is 14.7. The van der Waals surface area contributed by atoms with Gasteiger partial charge >= 0.3 is 0 Å². The summed E-state index contributed by atoms with van der Waals surface area (Å²) in [6.45, 7) is 4.68. The molecule has 0 saturated carbocycles. The number of para-hydroxylation sites is 4. The van der Waals surface area contributed by atoms with Gasteiger partial charge in [0.15, 0.2) is 0 Å². The molecule has 212 valence electrons. The molecule has 6 aromatic carbocycles. The molecule has 0 aliphatic carbocycles. The summed E-state index contributed by atoms with van der Waals surface area (Å²) in [5, 5.41) is 7.27. The van der Waals surface area contributed by atoms with Gasteiger partial charge in [-0.25, -0.2) is 0 Å². The molecular weight excluding hydrogens is 540 g/mol. The Balaban J connectivity index is 0.000000153. The Morgan fingerprint density at radius 1 is 0.568 bits per heavy atom. The zero-order chi connectivity index (χ0) is 29.6. The van der Waals surface area contributed by atoms with Crippen LogP contribution in [0.1, 0.15) is 0 Å². The fraction of sp³-hybridized carbons (Fsp3) is 0.0256. The van der Waals surface area contributed by atoms with Crippen LogP contribution in [0.25, 0.3) is 71.2 Å². The fourth-order valence-electron chi connectivity index (χ4n) is 6.52. The second-order valence-corrected chi connectivity index (χ2v) is 10.9. The van der Waals surface area contributed by atoms with Crippen LogP contribution in [0.3, 0.4) is 0 Å². The number of hydrazine groups is 1. The number of fused-ring (bicyclic) bond motifs is 9. The number of hydrogen-bond acceptors (Lipinski definition) is 3. The summed E-state index contributed by atoms with van der Waals surface area (Å²) >= 11 is 0. The standard InChI is InChI=1S/C24H17N3O.C15H13N/c25-26-15-9-11-23-19(13-15)20-14-16(10-12-24(20)28-23)27-21-7-3-1-5-17(21)18-6-2-4-8-22(18)27;1-2-11-16-14-9-5-3-7-12(14)13-8-4-6-10-15(13)16/h1-14,26H,25H2;2-10H,1,11H2. The molecule has 3 heterocycles. The van der Waals surface area contributed by atoms with Gasteiger partial charge in [-0.05, 0) is 60.7 Å². The minimum atomic E-state index is 0.855. The number of nitrogens with one attached hydrogen (secondary N) is 1. The third-order valence-corrected chi connectivity index (χ3v) is 8.45. The van der Waals surface area contributed by atoms with E-state index in [4.69, 9.17) is 10.3 Å². The highest BCUT2D eigenvalue weighted by atomic mass is 16.3. The smallest absolute Gasteiger partial charge is 0.135 e. The second kappa shape index (κ2) is 10.5. The largest absolute Gasteiger partial charge is 0.456 e. The SMILES string of the molecule is C=CCn1c2ccccc2c2ccccc21.NNc1ccc2oc3ccc(-n4c5ccccc5c5ccccc54)cc3c2c1. The number of aromatic nitrogens is 2. The predicted molar refractivity (Wildman–Crippen MR) is 186 cm³/mol. The van der Waals surface area contributed by atoms with E-state index in [0.29, 0.717) is 0 Å². The molecule has 44 heavy (non-hydrogen) atoms. The third-order valence-electron chi connectivity index (χ3n) is 8.45. The normalized spacial score (nSPS) is 11.5. The highest BCUT2D eigenvalue weighted by Crippen LogP contribution is 2.36. The zero-order valence-corrected chi connectivity index (χ0v) is 24.1. The maximum Gasteiger partial charge on any atom is 0.135 e. The molecule has 0 bridgehead atoms. The lowest BCUT2D eigenvalue weighted by Crippen LogP contribution is -2.05. The molecule has 0 amide bonds. The average Bonchev–Trinajstić information content (AvgIpc) is 3.73. The van der Waals surface area contributed by atoms with Crippen LogP contribution in [0.15, 0.2) is 151 Å². The molecule has 3 N–H and O–H groups in total. The molecule has 0 fully saturated rings. The van der Waals surface area contributed by atoms with Gasteiger partial charge in [-0.2, -0.15) is 0 Å². The van der Waals surface area contributed by atoms with Gasteiger partial charge < -0.3 is 19.0 Å². The number of nitrogen functional groups attached to an aromatic ring is 1. The van der Waals surface area contributed by atoms with E-state index < -0.39 is 0 Å². The van der Waals surface area contributed by atoms with Crippen LogP contribution in [0.2, 0.25) is 0 Å². The molecule has 0 atom stereocenters. The summed E-state index contributed by atoms with van der Waals surface area (Å²) in [5.74, 6) is 5.60. The molecule has 0 spiro atoms. The van der Waals surface area contributed by atoms with Gasteiger partial charge in [0.25, 0.3) is 0 Å². The monoisotopic (exact) mass is 570 g/mol. The number of anilines is 1. The number of nitrogens with two attached hydrogens (primary N) is 1. The molecule has 0 aliphatic heterocycles. The quantitative estimate of drug-likeness (QED) is 0.126. The van der Waals surface area contributed by atoms with Crippen LogP contribution in [-0.2, 0) is 6.54 Å². The van der Waals surface area contributed by atoms with Gasteiger partial charge in [-0.15, -0.1) is 6.58 Å². The van der Waals surface area contributed by atoms with Crippen molar-refractivity contribution in [3.8, 4) is 5.69 Å². The Morgan fingerprint density at radius 3 is 1.59 bits per heavy atom. The highest BCUT2D eigenvalue weighted by Gasteiger charge is 2.14. The molecule has 5 nitrogen and oxygen atoms in total. The van der Waals surface area contributed by atoms with E-state index in [-0.39, 0.29) is 0 Å². The van der Waals surface area contributed by atoms with Crippen molar-refractivity contribution in [2.24, 2.45) is 5.84 Å². The van der Waals surface area contributed by atoms with E-state index in [1.54, 1.807) is 0 Å². The molecular formula is C39H30N4O. The van der Waals surface area contributed by atoms with Crippen LogP contribution in [0.5, 0.6) is 0 Å². The Labute approximate surface area is 254 Å². The van der Waals surface area contributed by atoms with Crippen molar-refractivity contribution in [3.05, 3.63) is 146 Å². The Hall–Kier alpha value is -5.78. The minimum absolute atomic E-state index is 0.855. The third kappa shape index (κ3) is 4.06. The molecule has 0 aliphatic rings. The van der Waals surface area contributed by atoms with Crippen LogP contribution in [0, 0.1) is 0 Å². The topological polar surface area (TPSA) is 61.0 Å². The number of allylic oxidation sites excluding steroid dienone is 1. The first-order chi connectivity index (χ1) is 21.7. The lowest BCUT2D eigenvalue weighted by Gasteiger charge is -2.08. The number of furan rings is 1. The van der Waals surface area contributed by atoms with E-state index in [0.717, 1.165) is 39.9 Å². The van der Waals surface area contributed by atoms with Gasteiger partial charge in [0.05, 0.1) is 11.0 Å². The number of hydrogen-bond donors (Lipinski definition) is 2. The van der Waals surface area contributed by atoms with E-state index >= 15 is 0 Å². The van der Waals surface area contributed by atoms with Crippen molar-refractivity contribution in [2.75, 3.05) is 5.43 Å². The van der Waals surface area contributed by atoms with Crippen molar-refractivity contribution in [2.45, 2.75) is 6.54 Å². The van der Waals surface area contributed by atoms with Gasteiger partial charge in [-0.1, -0.05) is 78.9 Å². The van der Waals surface area contributed by atoms with E-state index in [1.165, 1.54) is 43.6 Å². The molecule has 0 unspecified atom stereocenters. The molecule has 9 rings (SSSR count). The number of rotatable bonds is 4. The van der Waals surface area contributed by atoms with E-state index in [9.17, 15) is 0 Å². The summed E-state index contributed by atoms with van der Waals surface area (Å²) in [7, 11) is 0. The molecule has 3 aromatic heterocycles. The molecule has 0 radical (unpaired) electrons. The highest BCUT2D eigenvalue weighted by molar-refractivity contribution is 6.11. The maximum atomic E-state index is 6.02. The Bertz CT molecular complexity index is 2390. The van der Waals surface area contributed by atoms with Crippen LogP contribution in [0.4, 0.5) is 5.69 Å². The summed E-state index contributed by atoms with van der Waals surface area (Å²) < 4.78 is 10.6. The van der Waals surface area contributed by atoms with Crippen LogP contribution in [-0.4, -0.2) is 9.13 Å². The maximum absolute atomic E-state index is 6.02. The average molecular weight is 571 g/mol. The van der Waals surface area contributed by atoms with E-state index in [2.05, 4.69) is 130 Å². The minimum Gasteiger partial charge on any atom is -0.456 e. The summed E-state index contributed by atoms with van der Waals surface area (Å²) in [6.07, 6.45) is 1.94. The molecule has 9 aromatic rings. The van der Waals surface area contributed by atoms with Crippen molar-refractivity contribution in [3.63, 3.8) is 0 Å². The lowest BCUT2D eigenvalue weighted by molar-refractivity contribution is 0.669. The zero-order valence-electron chi connectivity index (χ0n) is 24.1. The van der Waals surface area contributed by atoms with Crippen molar-refractivity contribution < 1.29 is 4.42 Å². The molecule has 5 heteroatoms. The van der Waals surface area contributed by atoms with Crippen molar-refractivity contribution in [1.82, 2.24) is 9.13 Å². The first-order valence-electron chi connectivity index (χ1n) is 14.7. The fourth-order valence-corrected chi connectivity index (χ4v) is 6.52. The van der Waals surface area contributed by atoms with Gasteiger partial charge in [0.1, 0.15) is 11.2 Å². The first kappa shape index (κ1) is 25.9. The van der Waals surface area contributed by atoms with Gasteiger partial charge in [0, 0.05) is 61.3 Å². The van der Waals surface area contributed by atoms with Gasteiger partial charge in [-0.3, -0.25) is 5.84 Å². The second-order valence-electron chi connectivity index (χ2n) is 10.9. The van der Waals surface area contributed by atoms with E-state index in [1.807, 2.05) is 30.3 Å². The lowest BCUT2D eigenvalue weighted by atomic mass is 10.1. The van der Waals surface area contributed by atoms with Crippen molar-refractivity contribution >= 4 is 71.2 Å². The predicted octanol–water partition coefficient (Wildman–Crippen LogP) is 9.95. The van der Waals surface area contributed by atoms with Crippen molar-refractivity contribution in [1.29, 1.82) is 0 Å². The number of benzene rings is 6. The van der Waals surface area contributed by atoms with Crippen LogP contribution < -0.4 is 11.3 Å². The van der Waals surface area contributed by atoms with Crippen LogP contribution >= 0.6 is 0 Å². The summed E-state index contributed by atoms with van der Waals surface area (Å²) in [4.78, 5) is 0. The Morgan fingerprint density at radius 2 is 1.05 bits per heavy atom. The Kier molecular flexibility index (Phi) is 6.17.